The molecule has 2 aromatic rings. The molecule has 1 N–H and O–H groups in total. The minimum atomic E-state index is 0.658. The van der Waals surface area contributed by atoms with E-state index in [1.54, 1.807) is 16.8 Å². The van der Waals surface area contributed by atoms with Gasteiger partial charge in [-0.25, -0.2) is 4.52 Å². The van der Waals surface area contributed by atoms with E-state index in [1.807, 2.05) is 6.07 Å². The third kappa shape index (κ3) is 2.39. The van der Waals surface area contributed by atoms with Crippen LogP contribution < -0.4 is 5.32 Å². The van der Waals surface area contributed by atoms with Crippen LogP contribution in [-0.2, 0) is 0 Å². The second-order valence-electron chi connectivity index (χ2n) is 3.37. The van der Waals surface area contributed by atoms with E-state index in [4.69, 9.17) is 11.6 Å². The van der Waals surface area contributed by atoms with Gasteiger partial charge in [-0.15, -0.1) is 5.10 Å². The fraction of sp³-hybridized carbons (Fsp3) is 0.400. The standard InChI is InChI=1S/C10H13ClN4/c1-2-3-6-12-10-13-9-5-4-8(11)7-15(9)14-10/h4-5,7H,2-3,6H2,1H3,(H,12,14). The summed E-state index contributed by atoms with van der Waals surface area (Å²) < 4.78 is 1.68. The Labute approximate surface area is 93.3 Å². The summed E-state index contributed by atoms with van der Waals surface area (Å²) >= 11 is 5.85. The quantitative estimate of drug-likeness (QED) is 0.812. The maximum Gasteiger partial charge on any atom is 0.243 e. The maximum atomic E-state index is 5.85. The van der Waals surface area contributed by atoms with Crippen LogP contribution in [0.1, 0.15) is 19.8 Å². The van der Waals surface area contributed by atoms with Gasteiger partial charge in [0.15, 0.2) is 5.65 Å². The number of pyridine rings is 1. The molecular weight excluding hydrogens is 212 g/mol. The van der Waals surface area contributed by atoms with Crippen molar-refractivity contribution in [2.45, 2.75) is 19.8 Å². The molecule has 2 aromatic heterocycles. The first-order chi connectivity index (χ1) is 7.29. The highest BCUT2D eigenvalue weighted by molar-refractivity contribution is 6.30. The molecule has 0 aromatic carbocycles. The van der Waals surface area contributed by atoms with Crippen molar-refractivity contribution < 1.29 is 0 Å². The van der Waals surface area contributed by atoms with Crippen molar-refractivity contribution in [1.29, 1.82) is 0 Å². The van der Waals surface area contributed by atoms with Crippen LogP contribution in [-0.4, -0.2) is 21.1 Å². The van der Waals surface area contributed by atoms with Gasteiger partial charge in [-0.3, -0.25) is 0 Å². The molecular formula is C10H13ClN4. The van der Waals surface area contributed by atoms with E-state index in [2.05, 4.69) is 22.3 Å². The number of rotatable bonds is 4. The summed E-state index contributed by atoms with van der Waals surface area (Å²) in [5.41, 5.74) is 0.804. The highest BCUT2D eigenvalue weighted by Gasteiger charge is 2.02. The molecule has 0 aliphatic carbocycles. The number of aromatic nitrogens is 3. The summed E-state index contributed by atoms with van der Waals surface area (Å²) in [6, 6.07) is 3.65. The third-order valence-corrected chi connectivity index (χ3v) is 2.33. The first kappa shape index (κ1) is 10.2. The van der Waals surface area contributed by atoms with Crippen LogP contribution in [0.15, 0.2) is 18.3 Å². The monoisotopic (exact) mass is 224 g/mol. The van der Waals surface area contributed by atoms with E-state index in [9.17, 15) is 0 Å². The number of nitrogens with zero attached hydrogens (tertiary/aromatic N) is 3. The summed E-state index contributed by atoms with van der Waals surface area (Å²) in [4.78, 5) is 4.31. The lowest BCUT2D eigenvalue weighted by Crippen LogP contribution is -2.02. The van der Waals surface area contributed by atoms with E-state index < -0.39 is 0 Å². The Hall–Kier alpha value is -1.29. The number of nitrogens with one attached hydrogen (secondary N) is 1. The minimum Gasteiger partial charge on any atom is -0.353 e. The van der Waals surface area contributed by atoms with Gasteiger partial charge in [0.05, 0.1) is 5.02 Å². The van der Waals surface area contributed by atoms with Gasteiger partial charge < -0.3 is 5.32 Å². The predicted molar refractivity (Wildman–Crippen MR) is 61.4 cm³/mol. The average Bonchev–Trinajstić information content (AvgIpc) is 2.60. The molecule has 0 radical (unpaired) electrons. The first-order valence-electron chi connectivity index (χ1n) is 5.05. The zero-order valence-corrected chi connectivity index (χ0v) is 9.33. The number of hydrogen-bond donors (Lipinski definition) is 1. The fourth-order valence-corrected chi connectivity index (χ4v) is 1.47. The number of hydrogen-bond acceptors (Lipinski definition) is 3. The lowest BCUT2D eigenvalue weighted by atomic mass is 10.3. The van der Waals surface area contributed by atoms with Crippen LogP contribution in [0.25, 0.3) is 5.65 Å². The Morgan fingerprint density at radius 3 is 3.13 bits per heavy atom. The molecule has 0 aliphatic heterocycles. The molecule has 0 atom stereocenters. The number of halogens is 1. The summed E-state index contributed by atoms with van der Waals surface area (Å²) in [5.74, 6) is 0.658. The molecule has 0 spiro atoms. The Bertz CT molecular complexity index is 452. The SMILES string of the molecule is CCCCNc1nc2ccc(Cl)cn2n1. The lowest BCUT2D eigenvalue weighted by Gasteiger charge is -1.97. The Morgan fingerprint density at radius 2 is 2.33 bits per heavy atom. The Kier molecular flexibility index (Phi) is 3.06. The van der Waals surface area contributed by atoms with Crippen LogP contribution in [0.2, 0.25) is 5.02 Å². The molecule has 0 saturated carbocycles. The molecule has 0 bridgehead atoms. The lowest BCUT2D eigenvalue weighted by molar-refractivity contribution is 0.824. The first-order valence-corrected chi connectivity index (χ1v) is 5.43. The fourth-order valence-electron chi connectivity index (χ4n) is 1.31. The molecule has 0 aliphatic rings. The summed E-state index contributed by atoms with van der Waals surface area (Å²) in [6.45, 7) is 3.06. The second-order valence-corrected chi connectivity index (χ2v) is 3.80. The van der Waals surface area contributed by atoms with Crippen LogP contribution in [0.4, 0.5) is 5.95 Å². The molecule has 0 unspecified atom stereocenters. The Balaban J connectivity index is 2.16. The van der Waals surface area contributed by atoms with Gasteiger partial charge in [0, 0.05) is 12.7 Å². The van der Waals surface area contributed by atoms with Gasteiger partial charge in [-0.1, -0.05) is 24.9 Å². The van der Waals surface area contributed by atoms with E-state index in [0.29, 0.717) is 11.0 Å². The van der Waals surface area contributed by atoms with Gasteiger partial charge in [-0.05, 0) is 18.6 Å². The van der Waals surface area contributed by atoms with Crippen LogP contribution in [0.5, 0.6) is 0 Å². The Morgan fingerprint density at radius 1 is 1.47 bits per heavy atom. The predicted octanol–water partition coefficient (Wildman–Crippen LogP) is 2.59. The topological polar surface area (TPSA) is 42.2 Å². The average molecular weight is 225 g/mol. The van der Waals surface area contributed by atoms with Crippen molar-refractivity contribution in [3.8, 4) is 0 Å². The normalized spacial score (nSPS) is 10.8. The van der Waals surface area contributed by atoms with Crippen molar-refractivity contribution >= 4 is 23.2 Å². The van der Waals surface area contributed by atoms with Gasteiger partial charge >= 0.3 is 0 Å². The van der Waals surface area contributed by atoms with Crippen molar-refractivity contribution in [3.63, 3.8) is 0 Å². The molecule has 2 rings (SSSR count). The zero-order chi connectivity index (χ0) is 10.7. The van der Waals surface area contributed by atoms with E-state index in [1.165, 1.54) is 0 Å². The maximum absolute atomic E-state index is 5.85. The minimum absolute atomic E-state index is 0.658. The molecule has 4 nitrogen and oxygen atoms in total. The molecule has 15 heavy (non-hydrogen) atoms. The van der Waals surface area contributed by atoms with Crippen LogP contribution in [0, 0.1) is 0 Å². The van der Waals surface area contributed by atoms with Crippen molar-refractivity contribution in [2.75, 3.05) is 11.9 Å². The number of fused-ring (bicyclic) bond motifs is 1. The van der Waals surface area contributed by atoms with Crippen molar-refractivity contribution in [1.82, 2.24) is 14.6 Å². The molecule has 2 heterocycles. The summed E-state index contributed by atoms with van der Waals surface area (Å²) in [6.07, 6.45) is 4.03. The summed E-state index contributed by atoms with van der Waals surface area (Å²) in [5, 5.41) is 8.08. The smallest absolute Gasteiger partial charge is 0.243 e. The highest BCUT2D eigenvalue weighted by Crippen LogP contribution is 2.11. The molecule has 0 fully saturated rings. The zero-order valence-electron chi connectivity index (χ0n) is 8.57. The third-order valence-electron chi connectivity index (χ3n) is 2.11. The van der Waals surface area contributed by atoms with Crippen molar-refractivity contribution in [2.24, 2.45) is 0 Å². The van der Waals surface area contributed by atoms with Gasteiger partial charge in [-0.2, -0.15) is 4.98 Å². The second kappa shape index (κ2) is 4.49. The highest BCUT2D eigenvalue weighted by atomic mass is 35.5. The number of unbranched alkanes of at least 4 members (excludes halogenated alkanes) is 1. The molecule has 0 amide bonds. The van der Waals surface area contributed by atoms with Crippen LogP contribution in [0.3, 0.4) is 0 Å². The van der Waals surface area contributed by atoms with Gasteiger partial charge in [0.1, 0.15) is 0 Å². The molecule has 0 saturated heterocycles. The van der Waals surface area contributed by atoms with Gasteiger partial charge in [0.2, 0.25) is 5.95 Å². The van der Waals surface area contributed by atoms with E-state index in [0.717, 1.165) is 25.0 Å². The van der Waals surface area contributed by atoms with Crippen molar-refractivity contribution in [3.05, 3.63) is 23.4 Å². The van der Waals surface area contributed by atoms with E-state index in [-0.39, 0.29) is 0 Å². The summed E-state index contributed by atoms with van der Waals surface area (Å²) in [7, 11) is 0. The largest absolute Gasteiger partial charge is 0.353 e. The number of anilines is 1. The van der Waals surface area contributed by atoms with Gasteiger partial charge in [0.25, 0.3) is 0 Å². The molecule has 5 heteroatoms. The van der Waals surface area contributed by atoms with Crippen LogP contribution >= 0.6 is 11.6 Å². The van der Waals surface area contributed by atoms with E-state index >= 15 is 0 Å². The molecule has 80 valence electrons.